The van der Waals surface area contributed by atoms with Gasteiger partial charge in [-0.1, -0.05) is 13.8 Å². The molecule has 2 atom stereocenters. The largest absolute Gasteiger partial charge is 0.382 e. The molecule has 88 valence electrons. The van der Waals surface area contributed by atoms with E-state index in [2.05, 4.69) is 13.8 Å². The summed E-state index contributed by atoms with van der Waals surface area (Å²) in [6, 6.07) is 0. The SMILES string of the molecule is COCCOC1C(=O)CC1OCC(C)C. The minimum Gasteiger partial charge on any atom is -0.382 e. The zero-order chi connectivity index (χ0) is 11.3. The molecular formula is C11H20O4. The maximum Gasteiger partial charge on any atom is 0.166 e. The van der Waals surface area contributed by atoms with E-state index in [0.29, 0.717) is 32.2 Å². The van der Waals surface area contributed by atoms with Crippen LogP contribution in [0.3, 0.4) is 0 Å². The quantitative estimate of drug-likeness (QED) is 0.596. The molecule has 0 aromatic heterocycles. The molecule has 0 saturated heterocycles. The van der Waals surface area contributed by atoms with Crippen molar-refractivity contribution in [3.8, 4) is 0 Å². The molecule has 4 nitrogen and oxygen atoms in total. The van der Waals surface area contributed by atoms with E-state index in [-0.39, 0.29) is 18.0 Å². The molecule has 15 heavy (non-hydrogen) atoms. The molecule has 0 aliphatic heterocycles. The lowest BCUT2D eigenvalue weighted by Crippen LogP contribution is -2.51. The van der Waals surface area contributed by atoms with Gasteiger partial charge in [0, 0.05) is 20.1 Å². The molecule has 0 radical (unpaired) electrons. The summed E-state index contributed by atoms with van der Waals surface area (Å²) in [5, 5.41) is 0. The van der Waals surface area contributed by atoms with Gasteiger partial charge in [-0.15, -0.1) is 0 Å². The van der Waals surface area contributed by atoms with E-state index in [4.69, 9.17) is 14.2 Å². The predicted molar refractivity (Wildman–Crippen MR) is 55.8 cm³/mol. The molecular weight excluding hydrogens is 196 g/mol. The first kappa shape index (κ1) is 12.6. The number of carbonyl (C=O) groups excluding carboxylic acids is 1. The topological polar surface area (TPSA) is 44.8 Å². The van der Waals surface area contributed by atoms with Gasteiger partial charge in [0.1, 0.15) is 6.10 Å². The number of Topliss-reactive ketones (excluding diaryl/α,β-unsaturated/α-hetero) is 1. The van der Waals surface area contributed by atoms with Gasteiger partial charge in [-0.3, -0.25) is 4.79 Å². The van der Waals surface area contributed by atoms with E-state index in [1.54, 1.807) is 7.11 Å². The molecule has 0 spiro atoms. The van der Waals surface area contributed by atoms with Crippen molar-refractivity contribution in [1.82, 2.24) is 0 Å². The van der Waals surface area contributed by atoms with Crippen molar-refractivity contribution >= 4 is 5.78 Å². The number of hydrogen-bond donors (Lipinski definition) is 0. The summed E-state index contributed by atoms with van der Waals surface area (Å²) in [4.78, 5) is 11.2. The molecule has 1 rings (SSSR count). The smallest absolute Gasteiger partial charge is 0.166 e. The number of carbonyl (C=O) groups is 1. The van der Waals surface area contributed by atoms with Gasteiger partial charge in [0.25, 0.3) is 0 Å². The van der Waals surface area contributed by atoms with Crippen LogP contribution in [-0.2, 0) is 19.0 Å². The van der Waals surface area contributed by atoms with Crippen molar-refractivity contribution in [3.63, 3.8) is 0 Å². The second kappa shape index (κ2) is 6.20. The zero-order valence-electron chi connectivity index (χ0n) is 9.69. The van der Waals surface area contributed by atoms with Crippen LogP contribution in [0, 0.1) is 5.92 Å². The van der Waals surface area contributed by atoms with Crippen LogP contribution in [0.25, 0.3) is 0 Å². The summed E-state index contributed by atoms with van der Waals surface area (Å²) in [6.07, 6.45) is 0.0836. The van der Waals surface area contributed by atoms with Crippen LogP contribution in [-0.4, -0.2) is 44.9 Å². The van der Waals surface area contributed by atoms with Crippen molar-refractivity contribution in [1.29, 1.82) is 0 Å². The Labute approximate surface area is 90.9 Å². The average molecular weight is 216 g/mol. The van der Waals surface area contributed by atoms with Crippen LogP contribution in [0.2, 0.25) is 0 Å². The highest BCUT2D eigenvalue weighted by Crippen LogP contribution is 2.23. The molecule has 1 fully saturated rings. The average Bonchev–Trinajstić information content (AvgIpc) is 2.18. The van der Waals surface area contributed by atoms with Gasteiger partial charge >= 0.3 is 0 Å². The Morgan fingerprint density at radius 2 is 2.07 bits per heavy atom. The van der Waals surface area contributed by atoms with Crippen LogP contribution in [0.15, 0.2) is 0 Å². The van der Waals surface area contributed by atoms with Gasteiger partial charge < -0.3 is 14.2 Å². The molecule has 1 aliphatic carbocycles. The fourth-order valence-corrected chi connectivity index (χ4v) is 1.39. The monoisotopic (exact) mass is 216 g/mol. The number of hydrogen-bond acceptors (Lipinski definition) is 4. The molecule has 1 saturated carbocycles. The van der Waals surface area contributed by atoms with Crippen molar-refractivity contribution in [2.24, 2.45) is 5.92 Å². The Bertz CT molecular complexity index is 203. The summed E-state index contributed by atoms with van der Waals surface area (Å²) >= 11 is 0. The number of ether oxygens (including phenoxy) is 3. The minimum absolute atomic E-state index is 0.0447. The lowest BCUT2D eigenvalue weighted by molar-refractivity contribution is -0.168. The Morgan fingerprint density at radius 1 is 1.33 bits per heavy atom. The normalized spacial score (nSPS) is 25.7. The molecule has 0 aromatic carbocycles. The molecule has 0 amide bonds. The van der Waals surface area contributed by atoms with Gasteiger partial charge in [0.15, 0.2) is 5.78 Å². The summed E-state index contributed by atoms with van der Waals surface area (Å²) in [7, 11) is 1.61. The van der Waals surface area contributed by atoms with Gasteiger partial charge in [0.05, 0.1) is 19.3 Å². The second-order valence-electron chi connectivity index (χ2n) is 4.22. The van der Waals surface area contributed by atoms with E-state index in [1.165, 1.54) is 0 Å². The lowest BCUT2D eigenvalue weighted by Gasteiger charge is -2.34. The van der Waals surface area contributed by atoms with E-state index in [9.17, 15) is 4.79 Å². The highest BCUT2D eigenvalue weighted by atomic mass is 16.6. The van der Waals surface area contributed by atoms with E-state index < -0.39 is 0 Å². The van der Waals surface area contributed by atoms with Gasteiger partial charge in [0.2, 0.25) is 0 Å². The summed E-state index contributed by atoms with van der Waals surface area (Å²) in [5.41, 5.74) is 0. The number of methoxy groups -OCH3 is 1. The van der Waals surface area contributed by atoms with Crippen LogP contribution < -0.4 is 0 Å². The zero-order valence-corrected chi connectivity index (χ0v) is 9.69. The maximum atomic E-state index is 11.2. The Hall–Kier alpha value is -0.450. The summed E-state index contributed by atoms with van der Waals surface area (Å²) in [6.45, 7) is 5.82. The predicted octanol–water partition coefficient (Wildman–Crippen LogP) is 1.03. The first-order valence-corrected chi connectivity index (χ1v) is 5.40. The fraction of sp³-hybridized carbons (Fsp3) is 0.909. The van der Waals surface area contributed by atoms with Crippen LogP contribution in [0.1, 0.15) is 20.3 Å². The van der Waals surface area contributed by atoms with E-state index in [1.807, 2.05) is 0 Å². The molecule has 0 aromatic rings. The maximum absolute atomic E-state index is 11.2. The van der Waals surface area contributed by atoms with Crippen LogP contribution in [0.5, 0.6) is 0 Å². The molecule has 0 N–H and O–H groups in total. The Kier molecular flexibility index (Phi) is 5.22. The standard InChI is InChI=1S/C11H20O4/c1-8(2)7-15-10-6-9(12)11(10)14-5-4-13-3/h8,10-11H,4-7H2,1-3H3. The molecule has 0 heterocycles. The molecule has 4 heteroatoms. The summed E-state index contributed by atoms with van der Waals surface area (Å²) in [5.74, 6) is 0.625. The fourth-order valence-electron chi connectivity index (χ4n) is 1.39. The third-order valence-electron chi connectivity index (χ3n) is 2.29. The van der Waals surface area contributed by atoms with Crippen LogP contribution >= 0.6 is 0 Å². The highest BCUT2D eigenvalue weighted by Gasteiger charge is 2.41. The third-order valence-corrected chi connectivity index (χ3v) is 2.29. The Balaban J connectivity index is 2.19. The van der Waals surface area contributed by atoms with Crippen molar-refractivity contribution in [2.45, 2.75) is 32.5 Å². The second-order valence-corrected chi connectivity index (χ2v) is 4.22. The van der Waals surface area contributed by atoms with E-state index >= 15 is 0 Å². The Morgan fingerprint density at radius 3 is 2.60 bits per heavy atom. The first-order chi connectivity index (χ1) is 7.15. The van der Waals surface area contributed by atoms with Crippen molar-refractivity contribution < 1.29 is 19.0 Å². The van der Waals surface area contributed by atoms with E-state index in [0.717, 1.165) is 0 Å². The van der Waals surface area contributed by atoms with Gasteiger partial charge in [-0.25, -0.2) is 0 Å². The summed E-state index contributed by atoms with van der Waals surface area (Å²) < 4.78 is 15.8. The molecule has 0 bridgehead atoms. The van der Waals surface area contributed by atoms with Gasteiger partial charge in [-0.05, 0) is 5.92 Å². The third kappa shape index (κ3) is 3.89. The minimum atomic E-state index is -0.362. The number of rotatable bonds is 7. The van der Waals surface area contributed by atoms with Gasteiger partial charge in [-0.2, -0.15) is 0 Å². The lowest BCUT2D eigenvalue weighted by atomic mass is 9.90. The van der Waals surface area contributed by atoms with Crippen LogP contribution in [0.4, 0.5) is 0 Å². The molecule has 2 unspecified atom stereocenters. The first-order valence-electron chi connectivity index (χ1n) is 5.40. The van der Waals surface area contributed by atoms with Crippen molar-refractivity contribution in [3.05, 3.63) is 0 Å². The number of ketones is 1. The highest BCUT2D eigenvalue weighted by molar-refractivity contribution is 5.90. The molecule has 1 aliphatic rings. The van der Waals surface area contributed by atoms with Crippen molar-refractivity contribution in [2.75, 3.05) is 26.9 Å².